The first-order chi connectivity index (χ1) is 5.26. The summed E-state index contributed by atoms with van der Waals surface area (Å²) in [6.07, 6.45) is 1.52. The largest absolute Gasteiger partial charge is 0.480 e. The molecule has 0 aliphatic heterocycles. The van der Waals surface area contributed by atoms with E-state index < -0.39 is 0 Å². The second kappa shape index (κ2) is 5.46. The highest BCUT2D eigenvalue weighted by Gasteiger charge is 1.98. The van der Waals surface area contributed by atoms with Gasteiger partial charge in [0, 0.05) is 14.1 Å². The first-order valence-electron chi connectivity index (χ1n) is 3.16. The quantitative estimate of drug-likeness (QED) is 0.474. The molecule has 0 aliphatic rings. The number of methoxy groups -OCH3 is 1. The number of nitrogens with one attached hydrogen (secondary N) is 1. The van der Waals surface area contributed by atoms with Crippen LogP contribution in [-0.2, 0) is 4.74 Å². The lowest BCUT2D eigenvalue weighted by Gasteiger charge is -2.00. The Morgan fingerprint density at radius 1 is 1.64 bits per heavy atom. The molecule has 0 bridgehead atoms. The number of hydrogen-bond donors (Lipinski definition) is 1. The Balaban J connectivity index is 4.12. The average molecular weight is 155 g/mol. The lowest BCUT2D eigenvalue weighted by atomic mass is 10.5. The number of aliphatic imine (C=N–C) groups is 2. The molecule has 0 spiro atoms. The van der Waals surface area contributed by atoms with Crippen LogP contribution in [0.25, 0.3) is 0 Å². The van der Waals surface area contributed by atoms with Crippen molar-refractivity contribution < 1.29 is 4.74 Å². The summed E-state index contributed by atoms with van der Waals surface area (Å²) in [7, 11) is 4.91. The van der Waals surface area contributed by atoms with Crippen molar-refractivity contribution in [2.45, 2.75) is 0 Å². The number of ether oxygens (including phenoxy) is 1. The van der Waals surface area contributed by atoms with Gasteiger partial charge in [0.2, 0.25) is 5.90 Å². The van der Waals surface area contributed by atoms with E-state index in [-0.39, 0.29) is 0 Å². The molecule has 0 atom stereocenters. The predicted octanol–water partition coefficient (Wildman–Crippen LogP) is 0.422. The molecule has 0 aliphatic carbocycles. The van der Waals surface area contributed by atoms with Gasteiger partial charge in [0.15, 0.2) is 0 Å². The van der Waals surface area contributed by atoms with Crippen molar-refractivity contribution in [2.24, 2.45) is 9.98 Å². The lowest BCUT2D eigenvalue weighted by molar-refractivity contribution is 0.402. The van der Waals surface area contributed by atoms with E-state index in [0.29, 0.717) is 11.6 Å². The predicted molar refractivity (Wildman–Crippen MR) is 47.1 cm³/mol. The second-order valence-corrected chi connectivity index (χ2v) is 1.73. The van der Waals surface area contributed by atoms with Gasteiger partial charge in [0.25, 0.3) is 0 Å². The molecule has 4 nitrogen and oxygen atoms in total. The van der Waals surface area contributed by atoms with E-state index >= 15 is 0 Å². The third-order valence-corrected chi connectivity index (χ3v) is 0.993. The first kappa shape index (κ1) is 9.68. The lowest BCUT2D eigenvalue weighted by Crippen LogP contribution is -2.06. The van der Waals surface area contributed by atoms with Crippen LogP contribution in [0, 0.1) is 0 Å². The monoisotopic (exact) mass is 155 g/mol. The van der Waals surface area contributed by atoms with Crippen molar-refractivity contribution in [2.75, 3.05) is 21.2 Å². The van der Waals surface area contributed by atoms with Crippen LogP contribution >= 0.6 is 0 Å². The fourth-order valence-electron chi connectivity index (χ4n) is 0.536. The average Bonchev–Trinajstić information content (AvgIpc) is 2.03. The van der Waals surface area contributed by atoms with E-state index in [1.807, 2.05) is 0 Å². The Labute approximate surface area is 66.7 Å². The fraction of sp³-hybridized carbons (Fsp3) is 0.429. The van der Waals surface area contributed by atoms with Crippen LogP contribution < -0.4 is 5.32 Å². The minimum atomic E-state index is 0.441. The van der Waals surface area contributed by atoms with Crippen molar-refractivity contribution in [1.29, 1.82) is 0 Å². The van der Waals surface area contributed by atoms with Gasteiger partial charge in [-0.1, -0.05) is 6.58 Å². The van der Waals surface area contributed by atoms with Crippen molar-refractivity contribution in [3.8, 4) is 0 Å². The molecule has 0 aromatic heterocycles. The molecular formula is C7H13N3O. The second-order valence-electron chi connectivity index (χ2n) is 1.73. The van der Waals surface area contributed by atoms with Crippen LogP contribution in [0.15, 0.2) is 22.3 Å². The third-order valence-electron chi connectivity index (χ3n) is 0.993. The summed E-state index contributed by atoms with van der Waals surface area (Å²) in [5.74, 6) is 0.441. The number of rotatable bonds is 3. The van der Waals surface area contributed by atoms with E-state index in [2.05, 4.69) is 21.9 Å². The molecule has 0 unspecified atom stereocenters. The number of nitrogens with zero attached hydrogens (tertiary/aromatic N) is 2. The SMILES string of the molecule is C=C(/N=C\NC)/C(=N\C)OC. The molecule has 0 heterocycles. The summed E-state index contributed by atoms with van der Waals surface area (Å²) in [6.45, 7) is 3.64. The van der Waals surface area contributed by atoms with Crippen molar-refractivity contribution in [1.82, 2.24) is 5.32 Å². The van der Waals surface area contributed by atoms with Crippen LogP contribution in [0.1, 0.15) is 0 Å². The van der Waals surface area contributed by atoms with Gasteiger partial charge >= 0.3 is 0 Å². The summed E-state index contributed by atoms with van der Waals surface area (Å²) >= 11 is 0. The van der Waals surface area contributed by atoms with Gasteiger partial charge in [0.1, 0.15) is 5.70 Å². The Kier molecular flexibility index (Phi) is 4.81. The van der Waals surface area contributed by atoms with Crippen LogP contribution in [0.4, 0.5) is 0 Å². The molecule has 4 heteroatoms. The van der Waals surface area contributed by atoms with Crippen molar-refractivity contribution in [3.63, 3.8) is 0 Å². The standard InChI is InChI=1S/C7H13N3O/c1-6(10-5-8-2)7(9-3)11-4/h5H,1H2,2-4H3,(H,8,10)/b9-7+. The van der Waals surface area contributed by atoms with Crippen LogP contribution in [0.5, 0.6) is 0 Å². The summed E-state index contributed by atoms with van der Waals surface area (Å²) in [5, 5.41) is 2.74. The number of hydrogen-bond acceptors (Lipinski definition) is 3. The van der Waals surface area contributed by atoms with Gasteiger partial charge < -0.3 is 10.1 Å². The van der Waals surface area contributed by atoms with E-state index in [9.17, 15) is 0 Å². The summed E-state index contributed by atoms with van der Waals surface area (Å²) < 4.78 is 4.87. The Morgan fingerprint density at radius 3 is 2.64 bits per heavy atom. The third kappa shape index (κ3) is 3.40. The van der Waals surface area contributed by atoms with Gasteiger partial charge in [-0.05, 0) is 0 Å². The van der Waals surface area contributed by atoms with Gasteiger partial charge in [-0.3, -0.25) is 4.99 Å². The summed E-state index contributed by atoms with van der Waals surface area (Å²) in [6, 6.07) is 0. The summed E-state index contributed by atoms with van der Waals surface area (Å²) in [5.41, 5.74) is 0.504. The van der Waals surface area contributed by atoms with Gasteiger partial charge in [-0.2, -0.15) is 0 Å². The molecule has 0 saturated carbocycles. The molecule has 0 saturated heterocycles. The summed E-state index contributed by atoms with van der Waals surface area (Å²) in [4.78, 5) is 7.71. The molecule has 0 radical (unpaired) electrons. The van der Waals surface area contributed by atoms with E-state index in [1.54, 1.807) is 14.1 Å². The molecule has 0 aromatic rings. The minimum Gasteiger partial charge on any atom is -0.480 e. The normalized spacial score (nSPS) is 11.7. The van der Waals surface area contributed by atoms with Gasteiger partial charge in [-0.15, -0.1) is 0 Å². The zero-order chi connectivity index (χ0) is 8.69. The van der Waals surface area contributed by atoms with Gasteiger partial charge in [0.05, 0.1) is 13.4 Å². The zero-order valence-corrected chi connectivity index (χ0v) is 7.09. The van der Waals surface area contributed by atoms with Gasteiger partial charge in [-0.25, -0.2) is 4.99 Å². The first-order valence-corrected chi connectivity index (χ1v) is 3.16. The highest BCUT2D eigenvalue weighted by Crippen LogP contribution is 1.95. The van der Waals surface area contributed by atoms with Crippen LogP contribution in [0.2, 0.25) is 0 Å². The highest BCUT2D eigenvalue weighted by atomic mass is 16.5. The molecule has 11 heavy (non-hydrogen) atoms. The smallest absolute Gasteiger partial charge is 0.234 e. The highest BCUT2D eigenvalue weighted by molar-refractivity contribution is 5.93. The molecule has 62 valence electrons. The molecular weight excluding hydrogens is 142 g/mol. The molecule has 0 aromatic carbocycles. The molecule has 0 amide bonds. The zero-order valence-electron chi connectivity index (χ0n) is 7.09. The van der Waals surface area contributed by atoms with Crippen molar-refractivity contribution in [3.05, 3.63) is 12.3 Å². The Bertz CT molecular complexity index is 184. The van der Waals surface area contributed by atoms with Crippen LogP contribution in [-0.4, -0.2) is 33.4 Å². The van der Waals surface area contributed by atoms with E-state index in [1.165, 1.54) is 13.4 Å². The van der Waals surface area contributed by atoms with Crippen molar-refractivity contribution >= 4 is 12.2 Å². The minimum absolute atomic E-state index is 0.441. The topological polar surface area (TPSA) is 46.0 Å². The Morgan fingerprint density at radius 2 is 2.27 bits per heavy atom. The molecule has 0 fully saturated rings. The maximum atomic E-state index is 4.87. The molecule has 1 N–H and O–H groups in total. The molecule has 0 rings (SSSR count). The van der Waals surface area contributed by atoms with E-state index in [4.69, 9.17) is 4.74 Å². The Hall–Kier alpha value is -1.32. The fourth-order valence-corrected chi connectivity index (χ4v) is 0.536. The maximum Gasteiger partial charge on any atom is 0.234 e. The van der Waals surface area contributed by atoms with Crippen LogP contribution in [0.3, 0.4) is 0 Å². The van der Waals surface area contributed by atoms with E-state index in [0.717, 1.165) is 0 Å². The maximum absolute atomic E-state index is 4.87.